The first-order valence-electron chi connectivity index (χ1n) is 8.58. The molecule has 3 N–H and O–H groups in total. The number of H-pyrrole nitrogens is 1. The maximum Gasteiger partial charge on any atom is 0.252 e. The molecule has 1 atom stereocenters. The number of benzene rings is 1. The van der Waals surface area contributed by atoms with E-state index in [2.05, 4.69) is 15.6 Å². The van der Waals surface area contributed by atoms with Crippen molar-refractivity contribution < 1.29 is 14.3 Å². The van der Waals surface area contributed by atoms with Crippen LogP contribution in [0.15, 0.2) is 29.1 Å². The van der Waals surface area contributed by atoms with Crippen molar-refractivity contribution in [3.05, 3.63) is 39.4 Å². The van der Waals surface area contributed by atoms with Crippen LogP contribution in [0.4, 0.5) is 0 Å². The van der Waals surface area contributed by atoms with Gasteiger partial charge in [-0.1, -0.05) is 0 Å². The van der Waals surface area contributed by atoms with Gasteiger partial charge in [0.05, 0.1) is 19.9 Å². The fourth-order valence-corrected chi connectivity index (χ4v) is 3.37. The molecule has 1 fully saturated rings. The van der Waals surface area contributed by atoms with Gasteiger partial charge in [0.2, 0.25) is 5.91 Å². The van der Waals surface area contributed by atoms with Crippen LogP contribution in [0.1, 0.15) is 6.42 Å². The summed E-state index contributed by atoms with van der Waals surface area (Å²) in [7, 11) is 3.09. The van der Waals surface area contributed by atoms with E-state index in [-0.39, 0.29) is 28.8 Å². The number of carbonyl (C=O) groups excluding carboxylic acids is 1. The summed E-state index contributed by atoms with van der Waals surface area (Å²) >= 11 is 5.31. The smallest absolute Gasteiger partial charge is 0.252 e. The number of rotatable bonds is 6. The number of methoxy groups -OCH3 is 2. The molecule has 9 heteroatoms. The standard InChI is InChI=1S/C18H22N4O4S/c1-25-12-3-4-13(15(7-12)26-2)14-8-16(23)21-18(27)22(14)10-17(24)20-11-5-6-19-9-11/h3-4,7-8,11,19H,5-6,9-10H2,1-2H3,(H,20,24)(H,21,23,27)/t11-/m1/s1. The highest BCUT2D eigenvalue weighted by molar-refractivity contribution is 7.71. The summed E-state index contributed by atoms with van der Waals surface area (Å²) in [6.45, 7) is 1.63. The highest BCUT2D eigenvalue weighted by Crippen LogP contribution is 2.32. The number of ether oxygens (including phenoxy) is 2. The summed E-state index contributed by atoms with van der Waals surface area (Å²) in [4.78, 5) is 27.1. The van der Waals surface area contributed by atoms with E-state index in [0.29, 0.717) is 22.8 Å². The molecule has 1 amide bonds. The molecule has 0 unspecified atom stereocenters. The van der Waals surface area contributed by atoms with Gasteiger partial charge in [-0.2, -0.15) is 0 Å². The van der Waals surface area contributed by atoms with E-state index in [1.807, 2.05) is 0 Å². The summed E-state index contributed by atoms with van der Waals surface area (Å²) in [6, 6.07) is 6.76. The van der Waals surface area contributed by atoms with Crippen LogP contribution in [0.5, 0.6) is 11.5 Å². The number of aromatic nitrogens is 2. The number of aromatic amines is 1. The zero-order valence-corrected chi connectivity index (χ0v) is 16.0. The second kappa shape index (κ2) is 8.36. The lowest BCUT2D eigenvalue weighted by Gasteiger charge is -2.17. The average Bonchev–Trinajstić information content (AvgIpc) is 3.16. The number of nitrogens with zero attached hydrogens (tertiary/aromatic N) is 1. The van der Waals surface area contributed by atoms with Crippen LogP contribution in [0.2, 0.25) is 0 Å². The van der Waals surface area contributed by atoms with Gasteiger partial charge < -0.3 is 24.7 Å². The minimum Gasteiger partial charge on any atom is -0.497 e. The van der Waals surface area contributed by atoms with Gasteiger partial charge in [0.15, 0.2) is 4.77 Å². The van der Waals surface area contributed by atoms with E-state index in [4.69, 9.17) is 21.7 Å². The maximum absolute atomic E-state index is 12.5. The predicted octanol–water partition coefficient (Wildman–Crippen LogP) is 1.07. The van der Waals surface area contributed by atoms with Crippen LogP contribution in [0.25, 0.3) is 11.3 Å². The molecule has 1 aromatic heterocycles. The number of carbonyl (C=O) groups is 1. The Morgan fingerprint density at radius 1 is 1.33 bits per heavy atom. The predicted molar refractivity (Wildman–Crippen MR) is 104 cm³/mol. The zero-order valence-electron chi connectivity index (χ0n) is 15.2. The quantitative estimate of drug-likeness (QED) is 0.639. The van der Waals surface area contributed by atoms with E-state index in [0.717, 1.165) is 19.5 Å². The van der Waals surface area contributed by atoms with E-state index in [9.17, 15) is 9.59 Å². The first-order valence-corrected chi connectivity index (χ1v) is 8.99. The highest BCUT2D eigenvalue weighted by atomic mass is 32.1. The third-order valence-corrected chi connectivity index (χ3v) is 4.77. The van der Waals surface area contributed by atoms with Crippen LogP contribution < -0.4 is 25.7 Å². The minimum absolute atomic E-state index is 0.00334. The van der Waals surface area contributed by atoms with Gasteiger partial charge in [0, 0.05) is 30.3 Å². The molecule has 1 aliphatic heterocycles. The Hall–Kier alpha value is -2.65. The Labute approximate surface area is 161 Å². The maximum atomic E-state index is 12.5. The van der Waals surface area contributed by atoms with Gasteiger partial charge in [-0.15, -0.1) is 0 Å². The third-order valence-electron chi connectivity index (χ3n) is 4.45. The van der Waals surface area contributed by atoms with E-state index < -0.39 is 0 Å². The Bertz CT molecular complexity index is 947. The lowest BCUT2D eigenvalue weighted by molar-refractivity contribution is -0.122. The molecule has 0 radical (unpaired) electrons. The largest absolute Gasteiger partial charge is 0.497 e. The van der Waals surface area contributed by atoms with Crippen molar-refractivity contribution in [3.8, 4) is 22.8 Å². The summed E-state index contributed by atoms with van der Waals surface area (Å²) in [5, 5.41) is 6.19. The summed E-state index contributed by atoms with van der Waals surface area (Å²) < 4.78 is 12.4. The van der Waals surface area contributed by atoms with Crippen LogP contribution in [-0.2, 0) is 11.3 Å². The van der Waals surface area contributed by atoms with Crippen LogP contribution in [0, 0.1) is 4.77 Å². The molecule has 2 aromatic rings. The van der Waals surface area contributed by atoms with Crippen LogP contribution >= 0.6 is 12.2 Å². The number of hydrogen-bond donors (Lipinski definition) is 3. The summed E-state index contributed by atoms with van der Waals surface area (Å²) in [5.74, 6) is 0.973. The summed E-state index contributed by atoms with van der Waals surface area (Å²) in [5.41, 5.74) is 0.804. The molecule has 2 heterocycles. The topological polar surface area (TPSA) is 97.4 Å². The molecule has 0 aliphatic carbocycles. The van der Waals surface area contributed by atoms with E-state index in [1.165, 1.54) is 13.2 Å². The van der Waals surface area contributed by atoms with Crippen molar-refractivity contribution >= 4 is 18.1 Å². The SMILES string of the molecule is COc1ccc(-c2cc(=O)[nH]c(=S)n2CC(=O)N[C@@H]2CCNC2)c(OC)c1. The summed E-state index contributed by atoms with van der Waals surface area (Å²) in [6.07, 6.45) is 0.891. The molecule has 27 heavy (non-hydrogen) atoms. The van der Waals surface area contributed by atoms with Gasteiger partial charge in [-0.25, -0.2) is 0 Å². The molecular formula is C18H22N4O4S. The average molecular weight is 390 g/mol. The van der Waals surface area contributed by atoms with Crippen molar-refractivity contribution in [1.82, 2.24) is 20.2 Å². The normalized spacial score (nSPS) is 16.1. The van der Waals surface area contributed by atoms with Crippen LogP contribution in [0.3, 0.4) is 0 Å². The van der Waals surface area contributed by atoms with E-state index in [1.54, 1.807) is 29.9 Å². The molecule has 0 spiro atoms. The van der Waals surface area contributed by atoms with Crippen molar-refractivity contribution in [2.75, 3.05) is 27.3 Å². The first kappa shape index (κ1) is 19.1. The molecule has 8 nitrogen and oxygen atoms in total. The lowest BCUT2D eigenvalue weighted by atomic mass is 10.1. The zero-order chi connectivity index (χ0) is 19.4. The molecule has 1 aromatic carbocycles. The highest BCUT2D eigenvalue weighted by Gasteiger charge is 2.19. The third kappa shape index (κ3) is 4.37. The molecule has 0 saturated carbocycles. The monoisotopic (exact) mass is 390 g/mol. The van der Waals surface area contributed by atoms with Gasteiger partial charge in [-0.05, 0) is 37.3 Å². The van der Waals surface area contributed by atoms with Gasteiger partial charge >= 0.3 is 0 Å². The van der Waals surface area contributed by atoms with Crippen molar-refractivity contribution in [3.63, 3.8) is 0 Å². The van der Waals surface area contributed by atoms with Crippen LogP contribution in [-0.4, -0.2) is 48.8 Å². The number of amides is 1. The first-order chi connectivity index (χ1) is 13.0. The van der Waals surface area contributed by atoms with Gasteiger partial charge in [0.25, 0.3) is 5.56 Å². The van der Waals surface area contributed by atoms with Gasteiger partial charge in [-0.3, -0.25) is 14.6 Å². The molecule has 1 aliphatic rings. The molecule has 0 bridgehead atoms. The second-order valence-electron chi connectivity index (χ2n) is 6.23. The van der Waals surface area contributed by atoms with Gasteiger partial charge in [0.1, 0.15) is 18.0 Å². The molecule has 1 saturated heterocycles. The Morgan fingerprint density at radius 2 is 2.15 bits per heavy atom. The minimum atomic E-state index is -0.343. The second-order valence-corrected chi connectivity index (χ2v) is 6.62. The molecule has 3 rings (SSSR count). The lowest BCUT2D eigenvalue weighted by Crippen LogP contribution is -2.38. The Balaban J connectivity index is 1.99. The van der Waals surface area contributed by atoms with Crippen molar-refractivity contribution in [1.29, 1.82) is 0 Å². The van der Waals surface area contributed by atoms with E-state index >= 15 is 0 Å². The Kier molecular flexibility index (Phi) is 5.92. The number of hydrogen-bond acceptors (Lipinski definition) is 6. The number of nitrogens with one attached hydrogen (secondary N) is 3. The molecular weight excluding hydrogens is 368 g/mol. The van der Waals surface area contributed by atoms with Crippen molar-refractivity contribution in [2.24, 2.45) is 0 Å². The Morgan fingerprint density at radius 3 is 2.81 bits per heavy atom. The molecule has 144 valence electrons. The fourth-order valence-electron chi connectivity index (χ4n) is 3.11. The van der Waals surface area contributed by atoms with Crippen molar-refractivity contribution in [2.45, 2.75) is 19.0 Å². The fraction of sp³-hybridized carbons (Fsp3) is 0.389.